The van der Waals surface area contributed by atoms with E-state index in [1.807, 2.05) is 12.1 Å². The molecule has 0 unspecified atom stereocenters. The van der Waals surface area contributed by atoms with Gasteiger partial charge in [-0.3, -0.25) is 9.79 Å². The number of hydrogen-bond donors (Lipinski definition) is 3. The molecule has 0 aromatic heterocycles. The summed E-state index contributed by atoms with van der Waals surface area (Å²) >= 11 is 3.33. The number of nitrogens with zero attached hydrogens (tertiary/aromatic N) is 1. The fraction of sp³-hybridized carbons (Fsp3) is 0.286. The normalized spacial score (nSPS) is 10.0. The fourth-order valence-corrected chi connectivity index (χ4v) is 1.84. The zero-order valence-corrected chi connectivity index (χ0v) is 15.6. The van der Waals surface area contributed by atoms with Gasteiger partial charge in [-0.05, 0) is 18.2 Å². The van der Waals surface area contributed by atoms with Gasteiger partial charge in [-0.2, -0.15) is 0 Å². The number of benzene rings is 1. The van der Waals surface area contributed by atoms with Crippen molar-refractivity contribution < 1.29 is 4.79 Å². The number of nitrogens with one attached hydrogen (secondary N) is 3. The Balaban J connectivity index is 0.00000400. The lowest BCUT2D eigenvalue weighted by Gasteiger charge is -2.10. The third-order valence-corrected chi connectivity index (χ3v) is 2.86. The van der Waals surface area contributed by atoms with Gasteiger partial charge in [-0.25, -0.2) is 0 Å². The van der Waals surface area contributed by atoms with Gasteiger partial charge in [0, 0.05) is 30.2 Å². The van der Waals surface area contributed by atoms with E-state index in [2.05, 4.69) is 42.8 Å². The van der Waals surface area contributed by atoms with Crippen molar-refractivity contribution in [3.63, 3.8) is 0 Å². The second kappa shape index (κ2) is 11.4. The van der Waals surface area contributed by atoms with Gasteiger partial charge in [-0.15, -0.1) is 30.4 Å². The predicted molar refractivity (Wildman–Crippen MR) is 100 cm³/mol. The first-order valence-electron chi connectivity index (χ1n) is 6.09. The van der Waals surface area contributed by atoms with Crippen LogP contribution in [0.1, 0.15) is 10.4 Å². The molecule has 114 valence electrons. The van der Waals surface area contributed by atoms with Crippen molar-refractivity contribution in [1.82, 2.24) is 16.0 Å². The highest BCUT2D eigenvalue weighted by Gasteiger charge is 2.04. The van der Waals surface area contributed by atoms with Crippen molar-refractivity contribution in [3.05, 3.63) is 34.3 Å². The number of rotatable bonds is 5. The molecular formula is C14H18BrIN4O. The minimum atomic E-state index is -0.111. The minimum absolute atomic E-state index is 0. The van der Waals surface area contributed by atoms with Crippen LogP contribution in [0.15, 0.2) is 33.7 Å². The van der Waals surface area contributed by atoms with Crippen LogP contribution in [0.5, 0.6) is 0 Å². The zero-order valence-electron chi connectivity index (χ0n) is 11.6. The largest absolute Gasteiger partial charge is 0.355 e. The van der Waals surface area contributed by atoms with Crippen LogP contribution in [0.25, 0.3) is 0 Å². The summed E-state index contributed by atoms with van der Waals surface area (Å²) in [6, 6.07) is 7.24. The average Bonchev–Trinajstić information content (AvgIpc) is 2.46. The molecule has 3 N–H and O–H groups in total. The molecule has 0 aliphatic heterocycles. The summed E-state index contributed by atoms with van der Waals surface area (Å²) in [5, 5.41) is 8.79. The summed E-state index contributed by atoms with van der Waals surface area (Å²) in [5.41, 5.74) is 0.620. The Morgan fingerprint density at radius 2 is 2.05 bits per heavy atom. The molecule has 0 atom stereocenters. The van der Waals surface area contributed by atoms with Crippen molar-refractivity contribution >= 4 is 51.8 Å². The lowest BCUT2D eigenvalue weighted by Crippen LogP contribution is -2.41. The van der Waals surface area contributed by atoms with Crippen LogP contribution >= 0.6 is 39.9 Å². The van der Waals surface area contributed by atoms with Crippen LogP contribution in [0.3, 0.4) is 0 Å². The molecule has 0 aliphatic rings. The number of carbonyl (C=O) groups is 1. The summed E-state index contributed by atoms with van der Waals surface area (Å²) in [7, 11) is 1.66. The highest BCUT2D eigenvalue weighted by Crippen LogP contribution is 2.11. The predicted octanol–water partition coefficient (Wildman–Crippen LogP) is 1.60. The van der Waals surface area contributed by atoms with Gasteiger partial charge in [0.25, 0.3) is 5.91 Å². The Morgan fingerprint density at radius 1 is 1.33 bits per heavy atom. The van der Waals surface area contributed by atoms with Gasteiger partial charge in [-0.1, -0.05) is 27.9 Å². The van der Waals surface area contributed by atoms with E-state index in [-0.39, 0.29) is 29.9 Å². The minimum Gasteiger partial charge on any atom is -0.355 e. The van der Waals surface area contributed by atoms with E-state index >= 15 is 0 Å². The molecule has 0 saturated heterocycles. The summed E-state index contributed by atoms with van der Waals surface area (Å²) in [4.78, 5) is 15.8. The first kappa shape index (κ1) is 19.7. The Kier molecular flexibility index (Phi) is 10.7. The standard InChI is InChI=1S/C14H17BrN4O.HI/c1-3-7-18-14(16-2)19-9-8-17-13(20)11-5-4-6-12(15)10-11;/h1,4-6,10H,7-9H2,2H3,(H,17,20)(H2,16,18,19);1H. The van der Waals surface area contributed by atoms with Gasteiger partial charge in [0.15, 0.2) is 5.96 Å². The van der Waals surface area contributed by atoms with E-state index in [4.69, 9.17) is 6.42 Å². The van der Waals surface area contributed by atoms with E-state index in [0.29, 0.717) is 31.2 Å². The summed E-state index contributed by atoms with van der Waals surface area (Å²) < 4.78 is 0.877. The molecule has 1 aromatic rings. The van der Waals surface area contributed by atoms with Crippen LogP contribution < -0.4 is 16.0 Å². The van der Waals surface area contributed by atoms with Crippen molar-refractivity contribution in [1.29, 1.82) is 0 Å². The highest BCUT2D eigenvalue weighted by molar-refractivity contribution is 14.0. The quantitative estimate of drug-likeness (QED) is 0.204. The second-order valence-corrected chi connectivity index (χ2v) is 4.74. The molecule has 0 aliphatic carbocycles. The van der Waals surface area contributed by atoms with E-state index in [9.17, 15) is 4.79 Å². The number of halogens is 2. The van der Waals surface area contributed by atoms with Gasteiger partial charge in [0.2, 0.25) is 0 Å². The molecule has 1 amide bonds. The first-order valence-corrected chi connectivity index (χ1v) is 6.88. The lowest BCUT2D eigenvalue weighted by atomic mass is 10.2. The maximum atomic E-state index is 11.9. The molecule has 0 spiro atoms. The number of guanidine groups is 1. The molecule has 0 heterocycles. The Bertz CT molecular complexity index is 528. The topological polar surface area (TPSA) is 65.5 Å². The van der Waals surface area contributed by atoms with Crippen molar-refractivity contribution in [3.8, 4) is 12.3 Å². The monoisotopic (exact) mass is 464 g/mol. The van der Waals surface area contributed by atoms with E-state index < -0.39 is 0 Å². The molecule has 1 rings (SSSR count). The van der Waals surface area contributed by atoms with Crippen LogP contribution in [0, 0.1) is 12.3 Å². The van der Waals surface area contributed by atoms with Gasteiger partial charge >= 0.3 is 0 Å². The molecule has 21 heavy (non-hydrogen) atoms. The Hall–Kier alpha value is -1.27. The summed E-state index contributed by atoms with van der Waals surface area (Å²) in [6.07, 6.45) is 5.15. The molecule has 0 radical (unpaired) electrons. The third-order valence-electron chi connectivity index (χ3n) is 2.37. The van der Waals surface area contributed by atoms with E-state index in [0.717, 1.165) is 4.47 Å². The maximum Gasteiger partial charge on any atom is 0.251 e. The van der Waals surface area contributed by atoms with Gasteiger partial charge in [0.05, 0.1) is 6.54 Å². The summed E-state index contributed by atoms with van der Waals surface area (Å²) in [6.45, 7) is 1.45. The van der Waals surface area contributed by atoms with Crippen molar-refractivity contribution in [2.45, 2.75) is 0 Å². The van der Waals surface area contributed by atoms with Crippen molar-refractivity contribution in [2.24, 2.45) is 4.99 Å². The number of terminal acetylenes is 1. The zero-order chi connectivity index (χ0) is 14.8. The summed E-state index contributed by atoms with van der Waals surface area (Å²) in [5.74, 6) is 2.96. The smallest absolute Gasteiger partial charge is 0.251 e. The maximum absolute atomic E-state index is 11.9. The van der Waals surface area contributed by atoms with Crippen LogP contribution in [0.2, 0.25) is 0 Å². The first-order chi connectivity index (χ1) is 9.67. The number of amides is 1. The Labute approximate surface area is 150 Å². The molecule has 0 saturated carbocycles. The highest BCUT2D eigenvalue weighted by atomic mass is 127. The third kappa shape index (κ3) is 7.92. The molecule has 5 nitrogen and oxygen atoms in total. The van der Waals surface area contributed by atoms with Gasteiger partial charge < -0.3 is 16.0 Å². The molecule has 0 bridgehead atoms. The lowest BCUT2D eigenvalue weighted by molar-refractivity contribution is 0.0954. The molecule has 0 fully saturated rings. The van der Waals surface area contributed by atoms with Gasteiger partial charge in [0.1, 0.15) is 0 Å². The number of carbonyl (C=O) groups excluding carboxylic acids is 1. The SMILES string of the molecule is C#CCNC(=NC)NCCNC(=O)c1cccc(Br)c1.I. The van der Waals surface area contributed by atoms with E-state index in [1.165, 1.54) is 0 Å². The average molecular weight is 465 g/mol. The number of aliphatic imine (C=N–C) groups is 1. The Morgan fingerprint density at radius 3 is 2.67 bits per heavy atom. The molecule has 7 heteroatoms. The van der Waals surface area contributed by atoms with Crippen molar-refractivity contribution in [2.75, 3.05) is 26.7 Å². The second-order valence-electron chi connectivity index (χ2n) is 3.82. The number of hydrogen-bond acceptors (Lipinski definition) is 2. The fourth-order valence-electron chi connectivity index (χ4n) is 1.44. The van der Waals surface area contributed by atoms with E-state index in [1.54, 1.807) is 19.2 Å². The molecule has 1 aromatic carbocycles. The van der Waals surface area contributed by atoms with Crippen LogP contribution in [0.4, 0.5) is 0 Å². The van der Waals surface area contributed by atoms with Crippen LogP contribution in [-0.2, 0) is 0 Å². The van der Waals surface area contributed by atoms with Crippen LogP contribution in [-0.4, -0.2) is 38.5 Å². The molecular weight excluding hydrogens is 447 g/mol.